The van der Waals surface area contributed by atoms with Gasteiger partial charge in [0, 0.05) is 30.9 Å². The molecule has 5 atom stereocenters. The van der Waals surface area contributed by atoms with Crippen molar-refractivity contribution in [3.8, 4) is 0 Å². The highest BCUT2D eigenvalue weighted by atomic mass is 16.3. The zero-order valence-corrected chi connectivity index (χ0v) is 22.2. The summed E-state index contributed by atoms with van der Waals surface area (Å²) < 4.78 is 0. The fourth-order valence-electron chi connectivity index (χ4n) is 5.43. The molecule has 2 aliphatic carbocycles. The number of carbonyl (C=O) groups excluding carboxylic acids is 3. The second kappa shape index (κ2) is 12.0. The van der Waals surface area contributed by atoms with Crippen LogP contribution in [0.3, 0.4) is 0 Å². The first kappa shape index (κ1) is 28.8. The van der Waals surface area contributed by atoms with E-state index in [2.05, 4.69) is 23.7 Å². The summed E-state index contributed by atoms with van der Waals surface area (Å²) in [6.07, 6.45) is 9.39. The lowest BCUT2D eigenvalue weighted by molar-refractivity contribution is -0.125. The number of aliphatic hydroxyl groups is 1. The largest absolute Gasteiger partial charge is 0.393 e. The number of nitrogens with one attached hydrogen (secondary N) is 1. The topological polar surface area (TPSA) is 108 Å². The lowest BCUT2D eigenvalue weighted by atomic mass is 9.71. The molecule has 0 aliphatic heterocycles. The van der Waals surface area contributed by atoms with Crippen molar-refractivity contribution in [1.29, 1.82) is 5.41 Å². The number of allylic oxidation sites excluding steroid dienone is 5. The van der Waals surface area contributed by atoms with Crippen LogP contribution in [-0.4, -0.2) is 40.0 Å². The van der Waals surface area contributed by atoms with Gasteiger partial charge in [0.05, 0.1) is 23.4 Å². The maximum atomic E-state index is 13.3. The zero-order chi connectivity index (χ0) is 26.5. The van der Waals surface area contributed by atoms with E-state index in [4.69, 9.17) is 5.41 Å². The summed E-state index contributed by atoms with van der Waals surface area (Å²) in [5.41, 5.74) is 1.43. The van der Waals surface area contributed by atoms with Gasteiger partial charge in [-0.3, -0.25) is 19.4 Å². The van der Waals surface area contributed by atoms with E-state index in [-0.39, 0.29) is 47.1 Å². The Morgan fingerprint density at radius 1 is 1.23 bits per heavy atom. The first-order chi connectivity index (χ1) is 16.2. The number of hydrogen-bond acceptors (Lipinski definition) is 6. The van der Waals surface area contributed by atoms with Gasteiger partial charge in [-0.1, -0.05) is 58.1 Å². The Bertz CT molecular complexity index is 964. The Balaban J connectivity index is 2.13. The molecule has 2 aliphatic rings. The molecule has 0 radical (unpaired) electrons. The Labute approximate surface area is 210 Å². The smallest absolute Gasteiger partial charge is 0.183 e. The Morgan fingerprint density at radius 3 is 2.43 bits per heavy atom. The normalized spacial score (nSPS) is 24.5. The number of Topliss-reactive ketones (excluding diaryl/α,β-unsaturated/α-hetero) is 3. The summed E-state index contributed by atoms with van der Waals surface area (Å²) in [6, 6.07) is 0. The van der Waals surface area contributed by atoms with E-state index in [1.165, 1.54) is 12.5 Å². The van der Waals surface area contributed by atoms with E-state index in [0.717, 1.165) is 12.8 Å². The standard InChI is InChI=1S/C29H42N2O4/c1-17(13-21-11-9-8-10-12-21)28(35)19(3)31-18(2)24-16-23(33)14-22(24)15-25(34)26(29(5,6)7)27(30)20(4)32/h8-9,11,17,22-24,26,30,33H,3,10,12-16H2,1-2,4-7H3/t17?,22?,23-,24-,26-/m0/s1. The number of aliphatic imine (C=N–C) groups is 1. The van der Waals surface area contributed by atoms with Gasteiger partial charge in [-0.05, 0) is 50.4 Å². The Hall–Kier alpha value is -2.47. The third-order valence-corrected chi connectivity index (χ3v) is 7.24. The van der Waals surface area contributed by atoms with Crippen LogP contribution in [0, 0.1) is 34.5 Å². The van der Waals surface area contributed by atoms with Crippen LogP contribution < -0.4 is 0 Å². The molecular weight excluding hydrogens is 440 g/mol. The number of hydrogen-bond donors (Lipinski definition) is 2. The van der Waals surface area contributed by atoms with Crippen LogP contribution in [0.5, 0.6) is 0 Å². The maximum absolute atomic E-state index is 13.3. The van der Waals surface area contributed by atoms with E-state index in [9.17, 15) is 19.5 Å². The molecule has 2 rings (SSSR count). The lowest BCUT2D eigenvalue weighted by Crippen LogP contribution is -2.39. The van der Waals surface area contributed by atoms with Crippen molar-refractivity contribution in [2.75, 3.05) is 0 Å². The lowest BCUT2D eigenvalue weighted by Gasteiger charge is -2.31. The maximum Gasteiger partial charge on any atom is 0.183 e. The second-order valence-corrected chi connectivity index (χ2v) is 11.4. The van der Waals surface area contributed by atoms with Crippen LogP contribution in [0.25, 0.3) is 0 Å². The van der Waals surface area contributed by atoms with Gasteiger partial charge in [-0.2, -0.15) is 0 Å². The van der Waals surface area contributed by atoms with Crippen molar-refractivity contribution in [2.45, 2.75) is 86.2 Å². The molecule has 1 fully saturated rings. The summed E-state index contributed by atoms with van der Waals surface area (Å²) in [5.74, 6) is -1.98. The average molecular weight is 483 g/mol. The Morgan fingerprint density at radius 2 is 1.89 bits per heavy atom. The number of ketones is 3. The van der Waals surface area contributed by atoms with Gasteiger partial charge in [0.1, 0.15) is 5.78 Å². The van der Waals surface area contributed by atoms with Crippen molar-refractivity contribution in [1.82, 2.24) is 0 Å². The predicted molar refractivity (Wildman–Crippen MR) is 141 cm³/mol. The van der Waals surface area contributed by atoms with Crippen molar-refractivity contribution in [3.63, 3.8) is 0 Å². The van der Waals surface area contributed by atoms with E-state index in [0.29, 0.717) is 25.0 Å². The van der Waals surface area contributed by atoms with Gasteiger partial charge >= 0.3 is 0 Å². The monoisotopic (exact) mass is 482 g/mol. The van der Waals surface area contributed by atoms with Gasteiger partial charge in [0.25, 0.3) is 0 Å². The third kappa shape index (κ3) is 7.76. The van der Waals surface area contributed by atoms with Crippen LogP contribution >= 0.6 is 0 Å². The minimum Gasteiger partial charge on any atom is -0.393 e. The summed E-state index contributed by atoms with van der Waals surface area (Å²) in [4.78, 5) is 42.6. The molecule has 2 N–H and O–H groups in total. The molecule has 0 amide bonds. The highest BCUT2D eigenvalue weighted by Crippen LogP contribution is 2.39. The van der Waals surface area contributed by atoms with Crippen molar-refractivity contribution in [3.05, 3.63) is 36.1 Å². The first-order valence-corrected chi connectivity index (χ1v) is 12.6. The minimum absolute atomic E-state index is 0.0892. The van der Waals surface area contributed by atoms with E-state index in [1.54, 1.807) is 0 Å². The highest BCUT2D eigenvalue weighted by molar-refractivity contribution is 6.42. The molecule has 6 heteroatoms. The molecule has 1 saturated carbocycles. The van der Waals surface area contributed by atoms with Gasteiger partial charge in [-0.25, -0.2) is 0 Å². The first-order valence-electron chi connectivity index (χ1n) is 12.6. The molecule has 192 valence electrons. The molecule has 0 aromatic heterocycles. The molecule has 0 saturated heterocycles. The minimum atomic E-state index is -0.794. The SMILES string of the molecule is C=C(N=C(C)[C@@H]1C[C@@H](O)CC1CC(=O)[C@@H](C(=N)C(C)=O)C(C)(C)C)C(=O)C(C)CC1=CC=CCC1. The molecule has 0 aromatic rings. The molecule has 2 unspecified atom stereocenters. The molecule has 6 nitrogen and oxygen atoms in total. The predicted octanol–water partition coefficient (Wildman–Crippen LogP) is 5.45. The highest BCUT2D eigenvalue weighted by Gasteiger charge is 2.41. The van der Waals surface area contributed by atoms with Crippen LogP contribution in [0.4, 0.5) is 0 Å². The summed E-state index contributed by atoms with van der Waals surface area (Å²) in [5, 5.41) is 18.6. The molecule has 0 heterocycles. The second-order valence-electron chi connectivity index (χ2n) is 11.4. The molecule has 0 bridgehead atoms. The van der Waals surface area contributed by atoms with Gasteiger partial charge in [0.15, 0.2) is 11.6 Å². The van der Waals surface area contributed by atoms with E-state index in [1.807, 2.05) is 40.7 Å². The quantitative estimate of drug-likeness (QED) is 0.301. The Kier molecular flexibility index (Phi) is 9.85. The van der Waals surface area contributed by atoms with Gasteiger partial charge < -0.3 is 10.5 Å². The zero-order valence-electron chi connectivity index (χ0n) is 22.2. The van der Waals surface area contributed by atoms with Crippen molar-refractivity contribution < 1.29 is 19.5 Å². The van der Waals surface area contributed by atoms with E-state index >= 15 is 0 Å². The van der Waals surface area contributed by atoms with Crippen LogP contribution in [0.15, 0.2) is 41.1 Å². The fraction of sp³-hybridized carbons (Fsp3) is 0.621. The van der Waals surface area contributed by atoms with Gasteiger partial charge in [-0.15, -0.1) is 0 Å². The fourth-order valence-corrected chi connectivity index (χ4v) is 5.43. The molecular formula is C29H42N2O4. The summed E-state index contributed by atoms with van der Waals surface area (Å²) in [7, 11) is 0. The molecule has 0 aromatic carbocycles. The number of carbonyl (C=O) groups is 3. The van der Waals surface area contributed by atoms with Gasteiger partial charge in [0.2, 0.25) is 0 Å². The van der Waals surface area contributed by atoms with Crippen LogP contribution in [-0.2, 0) is 14.4 Å². The van der Waals surface area contributed by atoms with Crippen LogP contribution in [0.1, 0.15) is 80.1 Å². The molecule has 35 heavy (non-hydrogen) atoms. The molecule has 0 spiro atoms. The van der Waals surface area contributed by atoms with Crippen molar-refractivity contribution >= 4 is 28.8 Å². The number of rotatable bonds is 11. The number of nitrogens with zero attached hydrogens (tertiary/aromatic N) is 1. The third-order valence-electron chi connectivity index (χ3n) is 7.24. The summed E-state index contributed by atoms with van der Waals surface area (Å²) in [6.45, 7) is 14.5. The number of aliphatic hydroxyl groups excluding tert-OH is 1. The summed E-state index contributed by atoms with van der Waals surface area (Å²) >= 11 is 0. The van der Waals surface area contributed by atoms with Crippen molar-refractivity contribution in [2.24, 2.45) is 34.1 Å². The van der Waals surface area contributed by atoms with E-state index < -0.39 is 23.2 Å². The average Bonchev–Trinajstić information content (AvgIpc) is 3.12. The van der Waals surface area contributed by atoms with Crippen LogP contribution in [0.2, 0.25) is 0 Å².